The van der Waals surface area contributed by atoms with Crippen molar-refractivity contribution < 1.29 is 18.3 Å². The number of aliphatic imine (C=N–C) groups is 1. The average molecular weight is 553 g/mol. The van der Waals surface area contributed by atoms with Crippen molar-refractivity contribution in [3.63, 3.8) is 0 Å². The van der Waals surface area contributed by atoms with Crippen molar-refractivity contribution in [3.05, 3.63) is 47.8 Å². The summed E-state index contributed by atoms with van der Waals surface area (Å²) in [5.74, 6) is 1.02. The quantitative estimate of drug-likeness (QED) is 0.171. The van der Waals surface area contributed by atoms with Crippen LogP contribution in [-0.4, -0.2) is 57.6 Å². The first-order valence-electron chi connectivity index (χ1n) is 9.15. The van der Waals surface area contributed by atoms with Crippen molar-refractivity contribution in [2.75, 3.05) is 32.0 Å². The Morgan fingerprint density at radius 3 is 2.62 bits per heavy atom. The number of thiophene rings is 1. The number of benzene rings is 1. The number of para-hydroxylation sites is 1. The molecule has 2 aromatic rings. The van der Waals surface area contributed by atoms with E-state index < -0.39 is 15.9 Å². The Labute approximate surface area is 193 Å². The van der Waals surface area contributed by atoms with Gasteiger partial charge in [-0.15, -0.1) is 35.3 Å². The molecule has 1 aromatic carbocycles. The molecule has 3 N–H and O–H groups in total. The number of sulfone groups is 1. The molecule has 29 heavy (non-hydrogen) atoms. The normalized spacial score (nSPS) is 12.7. The third-order valence-electron chi connectivity index (χ3n) is 3.64. The molecule has 0 spiro atoms. The smallest absolute Gasteiger partial charge is 0.191 e. The largest absolute Gasteiger partial charge is 0.494 e. The summed E-state index contributed by atoms with van der Waals surface area (Å²) in [6, 6.07) is 12.8. The molecule has 1 heterocycles. The first-order chi connectivity index (χ1) is 13.5. The van der Waals surface area contributed by atoms with Crippen molar-refractivity contribution in [1.29, 1.82) is 0 Å². The molecule has 0 aliphatic heterocycles. The van der Waals surface area contributed by atoms with E-state index in [2.05, 4.69) is 15.6 Å². The summed E-state index contributed by atoms with van der Waals surface area (Å²) >= 11 is 1.15. The van der Waals surface area contributed by atoms with E-state index in [1.807, 2.05) is 37.3 Å². The van der Waals surface area contributed by atoms with E-state index in [4.69, 9.17) is 4.74 Å². The minimum Gasteiger partial charge on any atom is -0.494 e. The van der Waals surface area contributed by atoms with Crippen molar-refractivity contribution >= 4 is 51.1 Å². The molecule has 1 unspecified atom stereocenters. The highest BCUT2D eigenvalue weighted by molar-refractivity contribution is 14.0. The van der Waals surface area contributed by atoms with Crippen LogP contribution in [0.5, 0.6) is 5.75 Å². The molecule has 0 saturated carbocycles. The van der Waals surface area contributed by atoms with Crippen LogP contribution in [-0.2, 0) is 9.84 Å². The third-order valence-corrected chi connectivity index (χ3v) is 6.93. The number of hydrogen-bond donors (Lipinski definition) is 3. The van der Waals surface area contributed by atoms with Gasteiger partial charge in [-0.05, 0) is 36.9 Å². The van der Waals surface area contributed by atoms with E-state index >= 15 is 0 Å². The number of guanidine groups is 1. The highest BCUT2D eigenvalue weighted by Crippen LogP contribution is 2.18. The first-order valence-corrected chi connectivity index (χ1v) is 11.7. The topological polar surface area (TPSA) is 100 Å². The lowest BCUT2D eigenvalue weighted by atomic mass is 10.3. The van der Waals surface area contributed by atoms with Crippen LogP contribution in [0.3, 0.4) is 0 Å². The van der Waals surface area contributed by atoms with Crippen LogP contribution in [0.25, 0.3) is 0 Å². The van der Waals surface area contributed by atoms with Crippen LogP contribution >= 0.6 is 35.3 Å². The minimum atomic E-state index is -3.49. The number of ether oxygens (including phenoxy) is 1. The number of aliphatic hydroxyl groups is 1. The highest BCUT2D eigenvalue weighted by Gasteiger charge is 2.20. The Morgan fingerprint density at radius 2 is 1.97 bits per heavy atom. The van der Waals surface area contributed by atoms with Gasteiger partial charge < -0.3 is 20.5 Å². The van der Waals surface area contributed by atoms with Gasteiger partial charge in [0.25, 0.3) is 0 Å². The number of nitrogens with one attached hydrogen (secondary N) is 2. The van der Waals surface area contributed by atoms with E-state index in [9.17, 15) is 13.5 Å². The molecule has 0 amide bonds. The fourth-order valence-electron chi connectivity index (χ4n) is 2.35. The summed E-state index contributed by atoms with van der Waals surface area (Å²) in [6.45, 7) is 3.81. The van der Waals surface area contributed by atoms with Crippen molar-refractivity contribution in [1.82, 2.24) is 10.6 Å². The molecule has 0 bridgehead atoms. The molecular weight excluding hydrogens is 525 g/mol. The zero-order valence-corrected chi connectivity index (χ0v) is 20.2. The van der Waals surface area contributed by atoms with E-state index in [-0.39, 0.29) is 40.5 Å². The molecule has 1 aromatic heterocycles. The summed E-state index contributed by atoms with van der Waals surface area (Å²) in [5.41, 5.74) is 0. The lowest BCUT2D eigenvalue weighted by Gasteiger charge is -2.13. The third kappa shape index (κ3) is 9.79. The Balaban J connectivity index is 0.00000420. The monoisotopic (exact) mass is 553 g/mol. The molecule has 10 heteroatoms. The Bertz CT molecular complexity index is 815. The molecule has 0 saturated heterocycles. The lowest BCUT2D eigenvalue weighted by molar-refractivity contribution is 0.206. The highest BCUT2D eigenvalue weighted by atomic mass is 127. The van der Waals surface area contributed by atoms with Gasteiger partial charge >= 0.3 is 0 Å². The molecule has 1 atom stereocenters. The van der Waals surface area contributed by atoms with Crippen molar-refractivity contribution in [3.8, 4) is 5.75 Å². The number of aliphatic hydroxyl groups excluding tert-OH is 1. The second-order valence-electron chi connectivity index (χ2n) is 6.03. The van der Waals surface area contributed by atoms with Crippen LogP contribution in [0.15, 0.2) is 57.0 Å². The van der Waals surface area contributed by atoms with E-state index in [0.29, 0.717) is 25.7 Å². The van der Waals surface area contributed by atoms with Gasteiger partial charge in [-0.2, -0.15) is 0 Å². The van der Waals surface area contributed by atoms with Gasteiger partial charge in [-0.1, -0.05) is 24.3 Å². The number of hydrogen-bond acceptors (Lipinski definition) is 6. The van der Waals surface area contributed by atoms with Gasteiger partial charge in [0.1, 0.15) is 9.96 Å². The summed E-state index contributed by atoms with van der Waals surface area (Å²) in [4.78, 5) is 4.28. The fraction of sp³-hybridized carbons (Fsp3) is 0.421. The summed E-state index contributed by atoms with van der Waals surface area (Å²) in [5, 5.41) is 18.0. The standard InChI is InChI=1S/C19H27N3O4S2.HI/c1-2-20-19(21-11-7-12-26-17-8-4-3-5-9-17)22-14-16(23)15-28(24,25)18-10-6-13-27-18;/h3-6,8-10,13,16,23H,2,7,11-12,14-15H2,1H3,(H2,20,21,22);1H. The van der Waals surface area contributed by atoms with Crippen LogP contribution in [0.1, 0.15) is 13.3 Å². The molecule has 2 rings (SSSR count). The maximum absolute atomic E-state index is 12.2. The van der Waals surface area contributed by atoms with Gasteiger partial charge in [0.05, 0.1) is 25.0 Å². The van der Waals surface area contributed by atoms with E-state index in [1.165, 1.54) is 0 Å². The van der Waals surface area contributed by atoms with Gasteiger partial charge in [-0.3, -0.25) is 4.99 Å². The SMILES string of the molecule is CCNC(=NCC(O)CS(=O)(=O)c1cccs1)NCCCOc1ccccc1.I. The number of rotatable bonds is 11. The minimum absolute atomic E-state index is 0. The average Bonchev–Trinajstić information content (AvgIpc) is 3.22. The predicted molar refractivity (Wildman–Crippen MR) is 128 cm³/mol. The van der Waals surface area contributed by atoms with E-state index in [0.717, 1.165) is 23.5 Å². The maximum Gasteiger partial charge on any atom is 0.191 e. The zero-order valence-electron chi connectivity index (χ0n) is 16.3. The van der Waals surface area contributed by atoms with Gasteiger partial charge in [0.2, 0.25) is 0 Å². The molecule has 0 aliphatic carbocycles. The molecule has 162 valence electrons. The molecule has 0 fully saturated rings. The zero-order chi connectivity index (χ0) is 20.2. The van der Waals surface area contributed by atoms with E-state index in [1.54, 1.807) is 17.5 Å². The van der Waals surface area contributed by atoms with Crippen molar-refractivity contribution in [2.45, 2.75) is 23.7 Å². The number of nitrogens with zero attached hydrogens (tertiary/aromatic N) is 1. The second-order valence-corrected chi connectivity index (χ2v) is 9.24. The summed E-state index contributed by atoms with van der Waals surface area (Å²) in [7, 11) is -3.49. The molecular formula is C19H28IN3O4S2. The van der Waals surface area contributed by atoms with Gasteiger partial charge in [-0.25, -0.2) is 8.42 Å². The molecule has 0 aliphatic rings. The Hall–Kier alpha value is -1.37. The molecule has 7 nitrogen and oxygen atoms in total. The van der Waals surface area contributed by atoms with Crippen LogP contribution in [0.2, 0.25) is 0 Å². The van der Waals surface area contributed by atoms with Crippen molar-refractivity contribution in [2.24, 2.45) is 4.99 Å². The fourth-order valence-corrected chi connectivity index (χ4v) is 4.82. The maximum atomic E-state index is 12.2. The summed E-state index contributed by atoms with van der Waals surface area (Å²) in [6.07, 6.45) is -0.293. The van der Waals surface area contributed by atoms with Gasteiger partial charge in [0, 0.05) is 13.1 Å². The predicted octanol–water partition coefficient (Wildman–Crippen LogP) is 2.52. The van der Waals surface area contributed by atoms with Crippen LogP contribution in [0, 0.1) is 0 Å². The van der Waals surface area contributed by atoms with Gasteiger partial charge in [0.15, 0.2) is 15.8 Å². The Morgan fingerprint density at radius 1 is 1.21 bits per heavy atom. The van der Waals surface area contributed by atoms with Crippen LogP contribution < -0.4 is 15.4 Å². The lowest BCUT2D eigenvalue weighted by Crippen LogP contribution is -2.39. The molecule has 0 radical (unpaired) electrons. The first kappa shape index (κ1) is 25.7. The van der Waals surface area contributed by atoms with Crippen LogP contribution in [0.4, 0.5) is 0 Å². The number of halogens is 1. The summed E-state index contributed by atoms with van der Waals surface area (Å²) < 4.78 is 30.3. The Kier molecular flexibility index (Phi) is 12.2. The second kappa shape index (κ2) is 13.8.